The Labute approximate surface area is 42.1 Å². The van der Waals surface area contributed by atoms with Crippen LogP contribution in [0.1, 0.15) is 0 Å². The fourth-order valence-corrected chi connectivity index (χ4v) is 0.915. The molecule has 0 amide bonds. The van der Waals surface area contributed by atoms with E-state index in [0.717, 1.165) is 5.11 Å². The molecular weight excluding hydrogens is 99.1 g/mol. The Hall–Kier alpha value is 0.222. The van der Waals surface area contributed by atoms with E-state index in [1.165, 1.54) is 0 Å². The summed E-state index contributed by atoms with van der Waals surface area (Å²) in [5.74, 6) is 0. The molecule has 0 aromatic rings. The number of nitrogens with one attached hydrogen (secondary N) is 2. The second kappa shape index (κ2) is 1.13. The minimum Gasteiger partial charge on any atom is -0.440 e. The van der Waals surface area contributed by atoms with Crippen molar-refractivity contribution in [3.63, 3.8) is 0 Å². The van der Waals surface area contributed by atoms with Crippen molar-refractivity contribution >= 4 is 33.0 Å². The lowest BCUT2D eigenvalue weighted by Crippen LogP contribution is -2.56. The van der Waals surface area contributed by atoms with Crippen LogP contribution < -0.4 is 8.60 Å². The van der Waals surface area contributed by atoms with Gasteiger partial charge in [0.25, 0.3) is 0 Å². The van der Waals surface area contributed by atoms with Gasteiger partial charge in [-0.15, -0.1) is 0 Å². The zero-order valence-electron chi connectivity index (χ0n) is 2.62. The summed E-state index contributed by atoms with van der Waals surface area (Å²) in [4.78, 5) is 0. The minimum absolute atomic E-state index is 0.0837. The Balaban J connectivity index is 2.32. The Morgan fingerprint density at radius 3 is 2.00 bits per heavy atom. The molecule has 5 heavy (non-hydrogen) atoms. The number of hydrogen-bond acceptors (Lipinski definition) is 1. The highest BCUT2D eigenvalue weighted by Gasteiger charge is 2.06. The van der Waals surface area contributed by atoms with Crippen molar-refractivity contribution in [2.45, 2.75) is 0 Å². The molecule has 0 bridgehead atoms. The summed E-state index contributed by atoms with van der Waals surface area (Å²) in [6.07, 6.45) is 0. The third-order valence-electron chi connectivity index (χ3n) is 0.498. The Kier molecular flexibility index (Phi) is 0.773. The van der Waals surface area contributed by atoms with Crippen molar-refractivity contribution in [2.24, 2.45) is 0 Å². The molecule has 2 nitrogen and oxygen atoms in total. The van der Waals surface area contributed by atoms with Crippen LogP contribution in [0.5, 0.6) is 0 Å². The van der Waals surface area contributed by atoms with Crippen LogP contribution in [0, 0.1) is 0 Å². The maximum Gasteiger partial charge on any atom is 0.547 e. The van der Waals surface area contributed by atoms with Gasteiger partial charge in [0.1, 0.15) is 5.11 Å². The van der Waals surface area contributed by atoms with Crippen molar-refractivity contribution in [2.75, 3.05) is 0 Å². The van der Waals surface area contributed by atoms with Gasteiger partial charge in [0, 0.05) is 0 Å². The maximum atomic E-state index is 4.60. The van der Waals surface area contributed by atoms with Gasteiger partial charge in [-0.2, -0.15) is 0 Å². The van der Waals surface area contributed by atoms with Gasteiger partial charge < -0.3 is 8.60 Å². The highest BCUT2D eigenvalue weighted by Crippen LogP contribution is 1.66. The number of hydrogen-bond donors (Lipinski definition) is 2. The largest absolute Gasteiger partial charge is 0.547 e. The molecule has 0 aliphatic carbocycles. The number of rotatable bonds is 0. The quantitative estimate of drug-likeness (QED) is 0.294. The average Bonchev–Trinajstić information content (AvgIpc) is 1.30. The molecule has 1 aliphatic heterocycles. The Morgan fingerprint density at radius 2 is 2.00 bits per heavy atom. The smallest absolute Gasteiger partial charge is 0.440 e. The van der Waals surface area contributed by atoms with Gasteiger partial charge >= 0.3 is 15.7 Å². The molecule has 1 rings (SSSR count). The normalized spacial score (nSPS) is 17.2. The van der Waals surface area contributed by atoms with Crippen LogP contribution in [0.2, 0.25) is 0 Å². The molecule has 4 heteroatoms. The summed E-state index contributed by atoms with van der Waals surface area (Å²) in [5, 5.41) is 0.830. The molecular formula is CH3AlN2S. The molecule has 0 aromatic carbocycles. The van der Waals surface area contributed by atoms with Crippen LogP contribution in [-0.4, -0.2) is 20.8 Å². The van der Waals surface area contributed by atoms with Crippen molar-refractivity contribution < 1.29 is 0 Å². The SMILES string of the molecule is S=C1[NH][AlH][NH]1. The highest BCUT2D eigenvalue weighted by atomic mass is 32.1. The van der Waals surface area contributed by atoms with Gasteiger partial charge in [-0.3, -0.25) is 0 Å². The van der Waals surface area contributed by atoms with Crippen molar-refractivity contribution in [3.8, 4) is 0 Å². The van der Waals surface area contributed by atoms with Crippen LogP contribution in [0.25, 0.3) is 0 Å². The lowest BCUT2D eigenvalue weighted by molar-refractivity contribution is 1.20. The molecule has 0 radical (unpaired) electrons. The Bertz CT molecular complexity index is 56.7. The molecule has 0 atom stereocenters. The summed E-state index contributed by atoms with van der Waals surface area (Å²) < 4.78 is 5.94. The second-order valence-corrected chi connectivity index (χ2v) is 2.33. The van der Waals surface area contributed by atoms with Gasteiger partial charge in [-0.1, -0.05) is 0 Å². The predicted octanol–water partition coefficient (Wildman–Crippen LogP) is -1.27. The van der Waals surface area contributed by atoms with Crippen LogP contribution in [-0.2, 0) is 0 Å². The van der Waals surface area contributed by atoms with E-state index in [9.17, 15) is 0 Å². The molecule has 0 unspecified atom stereocenters. The Morgan fingerprint density at radius 1 is 1.60 bits per heavy atom. The number of thiocarbonyl (C=S) groups is 1. The zero-order chi connectivity index (χ0) is 3.70. The summed E-state index contributed by atoms with van der Waals surface area (Å²) in [7, 11) is 0. The third-order valence-corrected chi connectivity index (χ3v) is 2.36. The van der Waals surface area contributed by atoms with Crippen molar-refractivity contribution in [1.29, 1.82) is 0 Å². The van der Waals surface area contributed by atoms with E-state index in [-0.39, 0.29) is 15.7 Å². The first kappa shape index (κ1) is 3.41. The van der Waals surface area contributed by atoms with E-state index >= 15 is 0 Å². The van der Waals surface area contributed by atoms with Gasteiger partial charge in [0.2, 0.25) is 0 Å². The fourth-order valence-electron chi connectivity index (χ4n) is 0.161. The van der Waals surface area contributed by atoms with Gasteiger partial charge in [0.15, 0.2) is 0 Å². The van der Waals surface area contributed by atoms with Crippen molar-refractivity contribution in [3.05, 3.63) is 0 Å². The molecule has 0 spiro atoms. The van der Waals surface area contributed by atoms with Gasteiger partial charge in [-0.05, 0) is 12.2 Å². The summed E-state index contributed by atoms with van der Waals surface area (Å²) in [6, 6.07) is 0. The molecule has 1 saturated heterocycles. The lowest BCUT2D eigenvalue weighted by Gasteiger charge is -2.16. The fraction of sp³-hybridized carbons (Fsp3) is 0. The molecule has 26 valence electrons. The predicted molar refractivity (Wildman–Crippen MR) is 26.0 cm³/mol. The third kappa shape index (κ3) is 0.539. The molecule has 0 saturated carbocycles. The van der Waals surface area contributed by atoms with E-state index in [1.54, 1.807) is 0 Å². The van der Waals surface area contributed by atoms with E-state index in [0.29, 0.717) is 0 Å². The van der Waals surface area contributed by atoms with Gasteiger partial charge in [-0.25, -0.2) is 0 Å². The summed E-state index contributed by atoms with van der Waals surface area (Å²) in [6.45, 7) is 0. The second-order valence-electron chi connectivity index (χ2n) is 0.859. The topological polar surface area (TPSA) is 24.1 Å². The minimum atomic E-state index is -0.0837. The van der Waals surface area contributed by atoms with E-state index in [4.69, 9.17) is 0 Å². The van der Waals surface area contributed by atoms with E-state index in [2.05, 4.69) is 20.8 Å². The van der Waals surface area contributed by atoms with Crippen LogP contribution in [0.15, 0.2) is 0 Å². The summed E-state index contributed by atoms with van der Waals surface area (Å²) in [5.41, 5.74) is 0. The first-order valence-corrected chi connectivity index (χ1v) is 3.23. The van der Waals surface area contributed by atoms with Crippen LogP contribution in [0.3, 0.4) is 0 Å². The summed E-state index contributed by atoms with van der Waals surface area (Å²) >= 11 is 4.51. The van der Waals surface area contributed by atoms with Gasteiger partial charge in [0.05, 0.1) is 0 Å². The average molecular weight is 102 g/mol. The van der Waals surface area contributed by atoms with Crippen LogP contribution >= 0.6 is 12.2 Å². The van der Waals surface area contributed by atoms with Crippen LogP contribution in [0.4, 0.5) is 0 Å². The first-order chi connectivity index (χ1) is 2.39. The lowest BCUT2D eigenvalue weighted by atomic mass is 11.2. The zero-order valence-corrected chi connectivity index (χ0v) is 4.85. The molecule has 1 fully saturated rings. The monoisotopic (exact) mass is 102 g/mol. The van der Waals surface area contributed by atoms with E-state index < -0.39 is 0 Å². The molecule has 1 aliphatic rings. The first-order valence-electron chi connectivity index (χ1n) is 1.41. The maximum absolute atomic E-state index is 4.60. The molecule has 0 aromatic heterocycles. The standard InChI is InChI=1S/CH3N2S.Al.H/c2-1(3)4;;/h(H3-,2,3,4);;/q-1;+2;/p-1. The van der Waals surface area contributed by atoms with E-state index in [1.807, 2.05) is 0 Å². The molecule has 1 heterocycles. The molecule has 2 N–H and O–H groups in total. The highest BCUT2D eigenvalue weighted by molar-refractivity contribution is 7.80. The van der Waals surface area contributed by atoms with Crippen molar-refractivity contribution in [1.82, 2.24) is 8.60 Å².